The zero-order valence-corrected chi connectivity index (χ0v) is 19.4. The van der Waals surface area contributed by atoms with Crippen molar-refractivity contribution in [1.82, 2.24) is 9.97 Å². The van der Waals surface area contributed by atoms with E-state index < -0.39 is 5.60 Å². The normalized spacial score (nSPS) is 33.4. The maximum atomic E-state index is 10.9. The quantitative estimate of drug-likeness (QED) is 0.551. The number of aryl methyl sites for hydroxylation is 1. The summed E-state index contributed by atoms with van der Waals surface area (Å²) < 4.78 is 0. The van der Waals surface area contributed by atoms with E-state index in [-0.39, 0.29) is 6.10 Å². The molecular formula is C26H35N5O2. The van der Waals surface area contributed by atoms with Gasteiger partial charge in [-0.15, -0.1) is 0 Å². The molecule has 2 aromatic rings. The van der Waals surface area contributed by atoms with Crippen LogP contribution in [0.15, 0.2) is 30.5 Å². The third-order valence-electron chi connectivity index (χ3n) is 8.47. The second-order valence-electron chi connectivity index (χ2n) is 11.0. The molecule has 2 unspecified atom stereocenters. The summed E-state index contributed by atoms with van der Waals surface area (Å²) in [6.07, 6.45) is 8.70. The summed E-state index contributed by atoms with van der Waals surface area (Å²) in [5.74, 6) is 3.28. The van der Waals surface area contributed by atoms with Crippen molar-refractivity contribution >= 4 is 23.1 Å². The summed E-state index contributed by atoms with van der Waals surface area (Å²) in [5, 5.41) is 27.7. The molecule has 1 aliphatic heterocycles. The maximum absolute atomic E-state index is 10.9. The number of benzene rings is 1. The highest BCUT2D eigenvalue weighted by atomic mass is 16.3. The van der Waals surface area contributed by atoms with Crippen molar-refractivity contribution in [2.24, 2.45) is 17.8 Å². The number of aliphatic hydroxyl groups is 2. The van der Waals surface area contributed by atoms with Crippen molar-refractivity contribution in [3.63, 3.8) is 0 Å². The van der Waals surface area contributed by atoms with Gasteiger partial charge in [-0.05, 0) is 93.9 Å². The van der Waals surface area contributed by atoms with Gasteiger partial charge in [0, 0.05) is 42.3 Å². The van der Waals surface area contributed by atoms with Gasteiger partial charge in [-0.25, -0.2) is 4.98 Å². The van der Waals surface area contributed by atoms with Gasteiger partial charge in [0.2, 0.25) is 5.95 Å². The second kappa shape index (κ2) is 8.13. The van der Waals surface area contributed by atoms with Crippen LogP contribution in [-0.2, 0) is 0 Å². The van der Waals surface area contributed by atoms with Gasteiger partial charge in [-0.2, -0.15) is 4.98 Å². The predicted molar refractivity (Wildman–Crippen MR) is 130 cm³/mol. The van der Waals surface area contributed by atoms with Crippen LogP contribution in [0.25, 0.3) is 0 Å². The van der Waals surface area contributed by atoms with Crippen LogP contribution in [0.5, 0.6) is 0 Å². The van der Waals surface area contributed by atoms with Crippen molar-refractivity contribution in [3.8, 4) is 0 Å². The fourth-order valence-corrected chi connectivity index (χ4v) is 7.03. The summed E-state index contributed by atoms with van der Waals surface area (Å²) in [6, 6.07) is 8.76. The lowest BCUT2D eigenvalue weighted by atomic mass is 9.52. The Morgan fingerprint density at radius 2 is 1.73 bits per heavy atom. The lowest BCUT2D eigenvalue weighted by Gasteiger charge is -2.58. The molecule has 1 saturated heterocycles. The molecule has 5 aliphatic rings. The average Bonchev–Trinajstić information content (AvgIpc) is 2.78. The van der Waals surface area contributed by atoms with E-state index in [0.717, 1.165) is 62.3 Å². The Morgan fingerprint density at radius 1 is 1.03 bits per heavy atom. The van der Waals surface area contributed by atoms with Crippen LogP contribution in [0.2, 0.25) is 0 Å². The van der Waals surface area contributed by atoms with Crippen LogP contribution in [0.1, 0.15) is 50.5 Å². The molecule has 7 heteroatoms. The summed E-state index contributed by atoms with van der Waals surface area (Å²) in [6.45, 7) is 3.84. The molecule has 176 valence electrons. The number of aliphatic hydroxyl groups excluding tert-OH is 1. The van der Waals surface area contributed by atoms with Gasteiger partial charge in [0.25, 0.3) is 0 Å². The molecule has 33 heavy (non-hydrogen) atoms. The first kappa shape index (κ1) is 21.2. The first-order valence-electron chi connectivity index (χ1n) is 12.6. The molecule has 1 aromatic carbocycles. The van der Waals surface area contributed by atoms with E-state index in [4.69, 9.17) is 4.98 Å². The lowest BCUT2D eigenvalue weighted by molar-refractivity contribution is -0.129. The van der Waals surface area contributed by atoms with E-state index in [0.29, 0.717) is 29.7 Å². The number of anilines is 4. The Bertz CT molecular complexity index is 988. The van der Waals surface area contributed by atoms with Gasteiger partial charge < -0.3 is 25.7 Å². The molecule has 4 N–H and O–H groups in total. The molecule has 1 aromatic heterocycles. The van der Waals surface area contributed by atoms with Crippen molar-refractivity contribution in [2.75, 3.05) is 28.6 Å². The molecule has 0 amide bonds. The maximum Gasteiger partial charge on any atom is 0.229 e. The van der Waals surface area contributed by atoms with Crippen LogP contribution < -0.4 is 15.5 Å². The fourth-order valence-electron chi connectivity index (χ4n) is 7.03. The Kier molecular flexibility index (Phi) is 5.22. The SMILES string of the molecule is Cc1cnc(Nc2ccc(N3CCC(O)CC3)cc2)nc1N[C@H]1C2CC3CC1C[C@](O)(C3)C2. The minimum absolute atomic E-state index is 0.160. The van der Waals surface area contributed by atoms with Crippen LogP contribution in [0.3, 0.4) is 0 Å². The first-order valence-corrected chi connectivity index (χ1v) is 12.6. The molecular weight excluding hydrogens is 414 g/mol. The van der Waals surface area contributed by atoms with Crippen LogP contribution in [0.4, 0.5) is 23.1 Å². The minimum atomic E-state index is -0.414. The van der Waals surface area contributed by atoms with Gasteiger partial charge in [0.1, 0.15) is 5.82 Å². The zero-order chi connectivity index (χ0) is 22.6. The summed E-state index contributed by atoms with van der Waals surface area (Å²) in [7, 11) is 0. The molecule has 7 nitrogen and oxygen atoms in total. The zero-order valence-electron chi connectivity index (χ0n) is 19.4. The van der Waals surface area contributed by atoms with Gasteiger partial charge in [-0.1, -0.05) is 0 Å². The summed E-state index contributed by atoms with van der Waals surface area (Å²) >= 11 is 0. The minimum Gasteiger partial charge on any atom is -0.393 e. The van der Waals surface area contributed by atoms with E-state index in [1.165, 1.54) is 18.5 Å². The molecule has 0 spiro atoms. The van der Waals surface area contributed by atoms with E-state index in [9.17, 15) is 10.2 Å². The Balaban J connectivity index is 1.14. The summed E-state index contributed by atoms with van der Waals surface area (Å²) in [5.41, 5.74) is 2.78. The van der Waals surface area contributed by atoms with Crippen molar-refractivity contribution in [1.29, 1.82) is 0 Å². The molecule has 2 atom stereocenters. The Morgan fingerprint density at radius 3 is 2.39 bits per heavy atom. The molecule has 4 saturated carbocycles. The largest absolute Gasteiger partial charge is 0.393 e. The number of hydrogen-bond donors (Lipinski definition) is 4. The molecule has 0 radical (unpaired) electrons. The number of nitrogens with zero attached hydrogens (tertiary/aromatic N) is 3. The predicted octanol–water partition coefficient (Wildman–Crippen LogP) is 3.84. The molecule has 4 aliphatic carbocycles. The van der Waals surface area contributed by atoms with Crippen molar-refractivity contribution < 1.29 is 10.2 Å². The van der Waals surface area contributed by atoms with Crippen molar-refractivity contribution in [2.45, 2.75) is 69.6 Å². The lowest BCUT2D eigenvalue weighted by Crippen LogP contribution is -2.59. The highest BCUT2D eigenvalue weighted by Crippen LogP contribution is 2.56. The highest BCUT2D eigenvalue weighted by molar-refractivity contribution is 5.60. The number of nitrogens with one attached hydrogen (secondary N) is 2. The topological polar surface area (TPSA) is 93.5 Å². The van der Waals surface area contributed by atoms with Gasteiger partial charge >= 0.3 is 0 Å². The highest BCUT2D eigenvalue weighted by Gasteiger charge is 2.54. The summed E-state index contributed by atoms with van der Waals surface area (Å²) in [4.78, 5) is 11.7. The fraction of sp³-hybridized carbons (Fsp3) is 0.615. The molecule has 2 heterocycles. The van der Waals surface area contributed by atoms with Crippen molar-refractivity contribution in [3.05, 3.63) is 36.0 Å². The van der Waals surface area contributed by atoms with Gasteiger partial charge in [0.05, 0.1) is 11.7 Å². The number of rotatable bonds is 5. The van der Waals surface area contributed by atoms with E-state index in [1.54, 1.807) is 0 Å². The van der Waals surface area contributed by atoms with E-state index in [2.05, 4.69) is 51.7 Å². The molecule has 5 fully saturated rings. The smallest absolute Gasteiger partial charge is 0.229 e. The monoisotopic (exact) mass is 449 g/mol. The second-order valence-corrected chi connectivity index (χ2v) is 11.0. The number of aromatic nitrogens is 2. The average molecular weight is 450 g/mol. The Hall–Kier alpha value is -2.38. The van der Waals surface area contributed by atoms with E-state index >= 15 is 0 Å². The van der Waals surface area contributed by atoms with Gasteiger partial charge in [0.15, 0.2) is 0 Å². The first-order chi connectivity index (χ1) is 15.9. The van der Waals surface area contributed by atoms with Crippen LogP contribution in [0, 0.1) is 24.7 Å². The number of hydrogen-bond acceptors (Lipinski definition) is 7. The van der Waals surface area contributed by atoms with Gasteiger partial charge in [-0.3, -0.25) is 0 Å². The van der Waals surface area contributed by atoms with E-state index in [1.807, 2.05) is 6.20 Å². The standard InChI is InChI=1S/C26H35N5O2/c1-16-15-27-25(28-20-2-4-21(5-3-20)31-8-6-22(32)7-9-31)30-24(16)29-23-18-10-17-11-19(23)14-26(33,12-17)13-18/h2-5,15,17-19,22-23,32-33H,6-14H2,1H3,(H2,27,28,29,30)/t17?,18?,19?,23-,26-. The third-order valence-corrected chi connectivity index (χ3v) is 8.47. The van der Waals surface area contributed by atoms with Crippen LogP contribution in [-0.4, -0.2) is 51.0 Å². The number of piperidine rings is 1. The Labute approximate surface area is 195 Å². The third kappa shape index (κ3) is 4.17. The van der Waals surface area contributed by atoms with Crippen LogP contribution >= 0.6 is 0 Å². The molecule has 7 rings (SSSR count). The molecule has 4 bridgehead atoms.